The van der Waals surface area contributed by atoms with Gasteiger partial charge in [0.2, 0.25) is 11.7 Å². The van der Waals surface area contributed by atoms with Gasteiger partial charge >= 0.3 is 11.7 Å². The Morgan fingerprint density at radius 2 is 1.68 bits per heavy atom. The van der Waals surface area contributed by atoms with E-state index in [0.717, 1.165) is 0 Å². The second-order valence-electron chi connectivity index (χ2n) is 5.09. The number of nitro groups is 1. The molecule has 1 amide bonds. The molecule has 0 saturated carbocycles. The summed E-state index contributed by atoms with van der Waals surface area (Å²) in [6.07, 6.45) is 0. The van der Waals surface area contributed by atoms with Gasteiger partial charge < -0.3 is 10.1 Å². The van der Waals surface area contributed by atoms with Crippen molar-refractivity contribution in [3.63, 3.8) is 0 Å². The lowest BCUT2D eigenvalue weighted by molar-refractivity contribution is -0.384. The Hall–Kier alpha value is -3.55. The third-order valence-electron chi connectivity index (χ3n) is 3.21. The molecule has 0 atom stereocenters. The van der Waals surface area contributed by atoms with E-state index in [1.54, 1.807) is 18.2 Å². The maximum Gasteiger partial charge on any atom is 0.343 e. The maximum absolute atomic E-state index is 12.3. The highest BCUT2D eigenvalue weighted by Crippen LogP contribution is 2.39. The first-order chi connectivity index (χ1) is 11.8. The topological polar surface area (TPSA) is 116 Å². The number of amides is 1. The molecule has 1 N–H and O–H groups in total. The van der Waals surface area contributed by atoms with E-state index >= 15 is 0 Å². The van der Waals surface area contributed by atoms with Crippen LogP contribution in [0.15, 0.2) is 42.5 Å². The zero-order valence-corrected chi connectivity index (χ0v) is 13.4. The van der Waals surface area contributed by atoms with Crippen molar-refractivity contribution in [1.29, 1.82) is 0 Å². The van der Waals surface area contributed by atoms with Crippen molar-refractivity contribution in [3.8, 4) is 5.75 Å². The Morgan fingerprint density at radius 1 is 1.04 bits per heavy atom. The van der Waals surface area contributed by atoms with Crippen molar-refractivity contribution >= 4 is 29.0 Å². The smallest absolute Gasteiger partial charge is 0.343 e. The van der Waals surface area contributed by atoms with Crippen molar-refractivity contribution in [2.45, 2.75) is 13.8 Å². The zero-order chi connectivity index (χ0) is 18.6. The molecule has 0 saturated heterocycles. The van der Waals surface area contributed by atoms with E-state index < -0.39 is 34.0 Å². The molecular formula is C17H14N2O6. The number of anilines is 1. The molecule has 0 aliphatic heterocycles. The molecule has 0 aliphatic carbocycles. The van der Waals surface area contributed by atoms with Gasteiger partial charge in [-0.15, -0.1) is 0 Å². The number of ether oxygens (including phenoxy) is 1. The molecule has 0 heterocycles. The molecule has 0 unspecified atom stereocenters. The Morgan fingerprint density at radius 3 is 2.20 bits per heavy atom. The van der Waals surface area contributed by atoms with E-state index in [9.17, 15) is 24.5 Å². The van der Waals surface area contributed by atoms with Crippen LogP contribution in [0.3, 0.4) is 0 Å². The molecule has 0 fully saturated rings. The first-order valence-electron chi connectivity index (χ1n) is 7.18. The highest BCUT2D eigenvalue weighted by atomic mass is 16.6. The molecule has 0 aliphatic rings. The Kier molecular flexibility index (Phi) is 5.23. The molecule has 0 aromatic heterocycles. The summed E-state index contributed by atoms with van der Waals surface area (Å²) in [6.45, 7) is 2.37. The minimum Gasteiger partial charge on any atom is -0.415 e. The molecule has 2 aromatic rings. The number of ketones is 1. The number of carbonyl (C=O) groups excluding carboxylic acids is 3. The van der Waals surface area contributed by atoms with Crippen molar-refractivity contribution in [3.05, 3.63) is 63.7 Å². The number of nitrogens with one attached hydrogen (secondary N) is 1. The summed E-state index contributed by atoms with van der Waals surface area (Å²) in [7, 11) is 0. The maximum atomic E-state index is 12.3. The molecule has 2 aromatic carbocycles. The van der Waals surface area contributed by atoms with Crippen molar-refractivity contribution in [1.82, 2.24) is 0 Å². The van der Waals surface area contributed by atoms with Gasteiger partial charge in [0.1, 0.15) is 5.69 Å². The van der Waals surface area contributed by atoms with Crippen LogP contribution in [0.5, 0.6) is 5.75 Å². The average molecular weight is 342 g/mol. The molecule has 2 rings (SSSR count). The number of hydrogen-bond donors (Lipinski definition) is 1. The molecule has 8 nitrogen and oxygen atoms in total. The largest absolute Gasteiger partial charge is 0.415 e. The van der Waals surface area contributed by atoms with Crippen LogP contribution in [0.4, 0.5) is 11.4 Å². The number of esters is 1. The minimum absolute atomic E-state index is 0.134. The summed E-state index contributed by atoms with van der Waals surface area (Å²) in [5, 5.41) is 13.8. The van der Waals surface area contributed by atoms with Gasteiger partial charge in [-0.3, -0.25) is 19.7 Å². The molecule has 128 valence electrons. The van der Waals surface area contributed by atoms with Gasteiger partial charge in [-0.25, -0.2) is 4.79 Å². The summed E-state index contributed by atoms with van der Waals surface area (Å²) in [6, 6.07) is 10.3. The number of benzene rings is 2. The SMILES string of the molecule is CC(=O)Nc1ccc(C(C)=O)c(OC(=O)c2ccccc2)c1[N+](=O)[O-]. The number of hydrogen-bond acceptors (Lipinski definition) is 6. The highest BCUT2D eigenvalue weighted by molar-refractivity contribution is 6.03. The molecule has 0 radical (unpaired) electrons. The van der Waals surface area contributed by atoms with Gasteiger partial charge in [0.05, 0.1) is 16.1 Å². The van der Waals surface area contributed by atoms with Gasteiger partial charge in [0.25, 0.3) is 0 Å². The minimum atomic E-state index is -0.855. The van der Waals surface area contributed by atoms with E-state index in [1.165, 1.54) is 38.1 Å². The van der Waals surface area contributed by atoms with Crippen LogP contribution in [0, 0.1) is 10.1 Å². The van der Waals surface area contributed by atoms with Crippen LogP contribution in [0.2, 0.25) is 0 Å². The van der Waals surface area contributed by atoms with Crippen LogP contribution in [0.1, 0.15) is 34.6 Å². The Labute approximate surface area is 142 Å². The second-order valence-corrected chi connectivity index (χ2v) is 5.09. The lowest BCUT2D eigenvalue weighted by Crippen LogP contribution is -2.15. The fourth-order valence-electron chi connectivity index (χ4n) is 2.15. The van der Waals surface area contributed by atoms with Crippen molar-refractivity contribution in [2.24, 2.45) is 0 Å². The number of nitro benzene ring substituents is 1. The van der Waals surface area contributed by atoms with Gasteiger partial charge in [0.15, 0.2) is 5.78 Å². The third kappa shape index (κ3) is 4.05. The van der Waals surface area contributed by atoms with E-state index in [4.69, 9.17) is 4.74 Å². The fraction of sp³-hybridized carbons (Fsp3) is 0.118. The van der Waals surface area contributed by atoms with Crippen LogP contribution >= 0.6 is 0 Å². The van der Waals surface area contributed by atoms with Crippen molar-refractivity contribution in [2.75, 3.05) is 5.32 Å². The van der Waals surface area contributed by atoms with Crippen LogP contribution in [-0.4, -0.2) is 22.6 Å². The lowest BCUT2D eigenvalue weighted by Gasteiger charge is -2.12. The van der Waals surface area contributed by atoms with E-state index in [-0.39, 0.29) is 16.8 Å². The Bertz CT molecular complexity index is 861. The zero-order valence-electron chi connectivity index (χ0n) is 13.4. The number of carbonyl (C=O) groups is 3. The number of Topliss-reactive ketones (excluding diaryl/α,β-unsaturated/α-hetero) is 1. The predicted molar refractivity (Wildman–Crippen MR) is 88.8 cm³/mol. The van der Waals surface area contributed by atoms with Crippen LogP contribution < -0.4 is 10.1 Å². The van der Waals surface area contributed by atoms with Crippen molar-refractivity contribution < 1.29 is 24.0 Å². The fourth-order valence-corrected chi connectivity index (χ4v) is 2.15. The molecule has 0 spiro atoms. The van der Waals surface area contributed by atoms with E-state index in [2.05, 4.69) is 5.32 Å². The molecule has 25 heavy (non-hydrogen) atoms. The van der Waals surface area contributed by atoms with Gasteiger partial charge in [-0.05, 0) is 31.2 Å². The normalized spacial score (nSPS) is 10.0. The average Bonchev–Trinajstić information content (AvgIpc) is 2.54. The summed E-state index contributed by atoms with van der Waals surface area (Å²) in [5.74, 6) is -2.42. The first-order valence-corrected chi connectivity index (χ1v) is 7.18. The van der Waals surface area contributed by atoms with Gasteiger partial charge in [0, 0.05) is 6.92 Å². The first kappa shape index (κ1) is 17.8. The Balaban J connectivity index is 2.59. The predicted octanol–water partition coefficient (Wildman–Crippen LogP) is 2.98. The quantitative estimate of drug-likeness (QED) is 0.294. The lowest BCUT2D eigenvalue weighted by atomic mass is 10.1. The molecule has 0 bridgehead atoms. The summed E-state index contributed by atoms with van der Waals surface area (Å²) < 4.78 is 5.15. The summed E-state index contributed by atoms with van der Waals surface area (Å²) in [5.41, 5.74) is -0.799. The van der Waals surface area contributed by atoms with E-state index in [0.29, 0.717) is 0 Å². The molecular weight excluding hydrogens is 328 g/mol. The van der Waals surface area contributed by atoms with Gasteiger partial charge in [-0.2, -0.15) is 0 Å². The summed E-state index contributed by atoms with van der Waals surface area (Å²) >= 11 is 0. The standard InChI is InChI=1S/C17H14N2O6/c1-10(20)13-8-9-14(18-11(2)21)15(19(23)24)16(13)25-17(22)12-6-4-3-5-7-12/h3-9H,1-2H3,(H,18,21). The van der Waals surface area contributed by atoms with Crippen LogP contribution in [0.25, 0.3) is 0 Å². The highest BCUT2D eigenvalue weighted by Gasteiger charge is 2.29. The number of rotatable bonds is 5. The third-order valence-corrected chi connectivity index (χ3v) is 3.21. The molecule has 8 heteroatoms. The summed E-state index contributed by atoms with van der Waals surface area (Å²) in [4.78, 5) is 46.0. The number of nitrogens with zero attached hydrogens (tertiary/aromatic N) is 1. The van der Waals surface area contributed by atoms with Gasteiger partial charge in [-0.1, -0.05) is 18.2 Å². The second kappa shape index (κ2) is 7.35. The van der Waals surface area contributed by atoms with E-state index in [1.807, 2.05) is 0 Å². The monoisotopic (exact) mass is 342 g/mol. The van der Waals surface area contributed by atoms with Crippen LogP contribution in [-0.2, 0) is 4.79 Å².